The summed E-state index contributed by atoms with van der Waals surface area (Å²) in [6, 6.07) is 19.2. The van der Waals surface area contributed by atoms with Gasteiger partial charge in [0, 0.05) is 6.54 Å². The Morgan fingerprint density at radius 2 is 1.62 bits per heavy atom. The van der Waals surface area contributed by atoms with Gasteiger partial charge in [-0.05, 0) is 67.6 Å². The molecule has 0 unspecified atom stereocenters. The van der Waals surface area contributed by atoms with Gasteiger partial charge in [0.2, 0.25) is 5.76 Å². The zero-order valence-corrected chi connectivity index (χ0v) is 19.8. The first-order valence-electron chi connectivity index (χ1n) is 11.5. The largest absolute Gasteiger partial charge is 0.497 e. The fourth-order valence-corrected chi connectivity index (χ4v) is 4.84. The number of carbonyl (C=O) groups is 1. The summed E-state index contributed by atoms with van der Waals surface area (Å²) in [7, 11) is 1.64. The minimum Gasteiger partial charge on any atom is -0.497 e. The lowest BCUT2D eigenvalue weighted by atomic mass is 9.96. The summed E-state index contributed by atoms with van der Waals surface area (Å²) >= 11 is 0. The van der Waals surface area contributed by atoms with Crippen LogP contribution in [-0.4, -0.2) is 24.5 Å². The molecule has 0 radical (unpaired) electrons. The molecule has 0 fully saturated rings. The van der Waals surface area contributed by atoms with Gasteiger partial charge in [0.15, 0.2) is 5.43 Å². The number of methoxy groups -OCH3 is 1. The first-order valence-corrected chi connectivity index (χ1v) is 11.5. The third-order valence-corrected chi connectivity index (χ3v) is 6.59. The standard InChI is InChI=1S/C29H27NO4/c1-17-5-9-21(10-6-17)25-24-26(31)23-16-18(2)15-19(3)27(23)34-28(24)29(32)30(25)14-13-20-7-11-22(33-4)12-8-20/h5-12,15-16,25H,13-14H2,1-4H3/t25-/m0/s1. The smallest absolute Gasteiger partial charge is 0.290 e. The van der Waals surface area contributed by atoms with E-state index in [9.17, 15) is 9.59 Å². The number of hydrogen-bond acceptors (Lipinski definition) is 4. The molecular weight excluding hydrogens is 426 g/mol. The first-order chi connectivity index (χ1) is 16.4. The SMILES string of the molecule is COc1ccc(CCN2C(=O)c3oc4c(C)cc(C)cc4c(=O)c3[C@@H]2c2ccc(C)cc2)cc1. The number of benzene rings is 3. The van der Waals surface area contributed by atoms with Gasteiger partial charge in [-0.1, -0.05) is 48.0 Å². The Balaban J connectivity index is 1.62. The zero-order chi connectivity index (χ0) is 24.0. The van der Waals surface area contributed by atoms with E-state index >= 15 is 0 Å². The van der Waals surface area contributed by atoms with Crippen molar-refractivity contribution in [1.82, 2.24) is 4.90 Å². The fourth-order valence-electron chi connectivity index (χ4n) is 4.84. The van der Waals surface area contributed by atoms with Crippen molar-refractivity contribution in [2.45, 2.75) is 33.2 Å². The maximum atomic E-state index is 13.8. The minimum absolute atomic E-state index is 0.131. The Bertz CT molecular complexity index is 1450. The predicted molar refractivity (Wildman–Crippen MR) is 133 cm³/mol. The van der Waals surface area contributed by atoms with E-state index in [-0.39, 0.29) is 17.1 Å². The van der Waals surface area contributed by atoms with Gasteiger partial charge in [-0.15, -0.1) is 0 Å². The summed E-state index contributed by atoms with van der Waals surface area (Å²) in [5, 5.41) is 0.526. The van der Waals surface area contributed by atoms with Crippen LogP contribution in [0.3, 0.4) is 0 Å². The molecular formula is C29H27NO4. The molecule has 3 aromatic carbocycles. The van der Waals surface area contributed by atoms with E-state index in [2.05, 4.69) is 0 Å². The topological polar surface area (TPSA) is 59.8 Å². The number of fused-ring (bicyclic) bond motifs is 2. The quantitative estimate of drug-likeness (QED) is 0.400. The number of carbonyl (C=O) groups excluding carboxylic acids is 1. The van der Waals surface area contributed by atoms with Crippen molar-refractivity contribution in [3.63, 3.8) is 0 Å². The van der Waals surface area contributed by atoms with Crippen LogP contribution in [-0.2, 0) is 6.42 Å². The van der Waals surface area contributed by atoms with Gasteiger partial charge in [-0.25, -0.2) is 0 Å². The highest BCUT2D eigenvalue weighted by Crippen LogP contribution is 2.38. The van der Waals surface area contributed by atoms with Crippen LogP contribution in [0.15, 0.2) is 69.9 Å². The van der Waals surface area contributed by atoms with Crippen molar-refractivity contribution in [2.24, 2.45) is 0 Å². The van der Waals surface area contributed by atoms with E-state index < -0.39 is 6.04 Å². The third-order valence-electron chi connectivity index (χ3n) is 6.59. The van der Waals surface area contributed by atoms with Gasteiger partial charge < -0.3 is 14.1 Å². The lowest BCUT2D eigenvalue weighted by Crippen LogP contribution is -2.31. The number of rotatable bonds is 5. The molecule has 1 aliphatic heterocycles. The zero-order valence-electron chi connectivity index (χ0n) is 19.8. The number of nitrogens with zero attached hydrogens (tertiary/aromatic N) is 1. The molecule has 0 aliphatic carbocycles. The highest BCUT2D eigenvalue weighted by Gasteiger charge is 2.42. The molecule has 1 amide bonds. The summed E-state index contributed by atoms with van der Waals surface area (Å²) in [5.41, 5.74) is 5.75. The van der Waals surface area contributed by atoms with Crippen LogP contribution in [0.1, 0.15) is 50.0 Å². The molecule has 1 atom stereocenters. The second-order valence-electron chi connectivity index (χ2n) is 9.04. The van der Waals surface area contributed by atoms with E-state index in [4.69, 9.17) is 9.15 Å². The molecule has 5 heteroatoms. The first kappa shape index (κ1) is 22.0. The second kappa shape index (κ2) is 8.49. The van der Waals surface area contributed by atoms with E-state index in [0.29, 0.717) is 29.5 Å². The molecule has 0 bridgehead atoms. The van der Waals surface area contributed by atoms with Gasteiger partial charge in [0.25, 0.3) is 5.91 Å². The molecule has 0 saturated heterocycles. The van der Waals surface area contributed by atoms with Gasteiger partial charge >= 0.3 is 0 Å². The number of ether oxygens (including phenoxy) is 1. The summed E-state index contributed by atoms with van der Waals surface area (Å²) in [4.78, 5) is 29.1. The Morgan fingerprint density at radius 1 is 0.912 bits per heavy atom. The molecule has 5 nitrogen and oxygen atoms in total. The molecule has 0 saturated carbocycles. The molecule has 0 spiro atoms. The molecule has 1 aliphatic rings. The lowest BCUT2D eigenvalue weighted by Gasteiger charge is -2.25. The average Bonchev–Trinajstić information content (AvgIpc) is 3.11. The lowest BCUT2D eigenvalue weighted by molar-refractivity contribution is 0.0730. The van der Waals surface area contributed by atoms with Crippen molar-refractivity contribution in [3.8, 4) is 5.75 Å². The van der Waals surface area contributed by atoms with Crippen molar-refractivity contribution < 1.29 is 13.9 Å². The van der Waals surface area contributed by atoms with Gasteiger partial charge in [-0.3, -0.25) is 9.59 Å². The van der Waals surface area contributed by atoms with E-state index in [1.54, 1.807) is 12.0 Å². The van der Waals surface area contributed by atoms with E-state index in [1.807, 2.05) is 81.4 Å². The molecule has 1 aromatic heterocycles. The predicted octanol–water partition coefficient (Wildman–Crippen LogP) is 5.51. The van der Waals surface area contributed by atoms with Gasteiger partial charge in [0.1, 0.15) is 11.3 Å². The van der Waals surface area contributed by atoms with Crippen LogP contribution in [0.4, 0.5) is 0 Å². The number of aryl methyl sites for hydroxylation is 3. The average molecular weight is 454 g/mol. The summed E-state index contributed by atoms with van der Waals surface area (Å²) < 4.78 is 11.4. The summed E-state index contributed by atoms with van der Waals surface area (Å²) in [6.07, 6.45) is 0.651. The summed E-state index contributed by atoms with van der Waals surface area (Å²) in [5.74, 6) is 0.705. The van der Waals surface area contributed by atoms with Gasteiger partial charge in [-0.2, -0.15) is 0 Å². The van der Waals surface area contributed by atoms with Crippen molar-refractivity contribution in [2.75, 3.05) is 13.7 Å². The monoisotopic (exact) mass is 453 g/mol. The van der Waals surface area contributed by atoms with Crippen molar-refractivity contribution >= 4 is 16.9 Å². The van der Waals surface area contributed by atoms with Crippen LogP contribution >= 0.6 is 0 Å². The van der Waals surface area contributed by atoms with E-state index in [1.165, 1.54) is 0 Å². The van der Waals surface area contributed by atoms with Crippen LogP contribution < -0.4 is 10.2 Å². The Labute approximate surface area is 198 Å². The Morgan fingerprint density at radius 3 is 2.29 bits per heavy atom. The molecule has 2 heterocycles. The van der Waals surface area contributed by atoms with Crippen molar-refractivity contribution in [1.29, 1.82) is 0 Å². The van der Waals surface area contributed by atoms with Crippen molar-refractivity contribution in [3.05, 3.63) is 110 Å². The van der Waals surface area contributed by atoms with Crippen LogP contribution in [0.5, 0.6) is 5.75 Å². The van der Waals surface area contributed by atoms with Gasteiger partial charge in [0.05, 0.1) is 24.1 Å². The van der Waals surface area contributed by atoms with Crippen LogP contribution in [0, 0.1) is 20.8 Å². The Hall–Kier alpha value is -3.86. The Kier molecular flexibility index (Phi) is 5.48. The molecule has 34 heavy (non-hydrogen) atoms. The third kappa shape index (κ3) is 3.67. The number of hydrogen-bond donors (Lipinski definition) is 0. The maximum absolute atomic E-state index is 13.8. The molecule has 172 valence electrons. The maximum Gasteiger partial charge on any atom is 0.290 e. The van der Waals surface area contributed by atoms with E-state index in [0.717, 1.165) is 33.6 Å². The van der Waals surface area contributed by atoms with Crippen LogP contribution in [0.2, 0.25) is 0 Å². The molecule has 5 rings (SSSR count). The highest BCUT2D eigenvalue weighted by molar-refractivity contribution is 5.99. The fraction of sp³-hybridized carbons (Fsp3) is 0.241. The normalized spacial score (nSPS) is 15.1. The number of amides is 1. The van der Waals surface area contributed by atoms with Crippen LogP contribution in [0.25, 0.3) is 11.0 Å². The highest BCUT2D eigenvalue weighted by atomic mass is 16.5. The summed E-state index contributed by atoms with van der Waals surface area (Å²) in [6.45, 7) is 6.35. The minimum atomic E-state index is -0.484. The second-order valence-corrected chi connectivity index (χ2v) is 9.04. The molecule has 4 aromatic rings. The molecule has 0 N–H and O–H groups in total.